The first-order valence-electron chi connectivity index (χ1n) is 9.52. The summed E-state index contributed by atoms with van der Waals surface area (Å²) in [5.41, 5.74) is 1.09. The van der Waals surface area contributed by atoms with Crippen molar-refractivity contribution in [3.8, 4) is 17.0 Å². The summed E-state index contributed by atoms with van der Waals surface area (Å²) in [7, 11) is 0.456. The number of nitrogens with zero attached hydrogens (tertiary/aromatic N) is 2. The van der Waals surface area contributed by atoms with Gasteiger partial charge in [0.2, 0.25) is 15.9 Å². The van der Waals surface area contributed by atoms with Crippen LogP contribution in [0.4, 0.5) is 9.52 Å². The Kier molecular flexibility index (Phi) is 7.41. The fourth-order valence-electron chi connectivity index (χ4n) is 2.72. The van der Waals surface area contributed by atoms with Crippen molar-refractivity contribution in [1.29, 1.82) is 0 Å². The number of anilines is 1. The lowest BCUT2D eigenvalue weighted by Crippen LogP contribution is -2.33. The number of carbonyl (C=O) groups excluding carboxylic acids is 2. The van der Waals surface area contributed by atoms with E-state index in [1.807, 2.05) is 0 Å². The molecule has 0 bridgehead atoms. The molecule has 9 nitrogen and oxygen atoms in total. The Morgan fingerprint density at radius 1 is 1.18 bits per heavy atom. The third kappa shape index (κ3) is 5.72. The summed E-state index contributed by atoms with van der Waals surface area (Å²) in [6, 6.07) is 9.93. The van der Waals surface area contributed by atoms with E-state index in [0.717, 1.165) is 15.6 Å². The number of rotatable bonds is 8. The Bertz CT molecular complexity index is 1290. The largest absolute Gasteiger partial charge is 0.494 e. The first-order chi connectivity index (χ1) is 15.6. The first-order valence-corrected chi connectivity index (χ1v) is 11.8. The highest BCUT2D eigenvalue weighted by Gasteiger charge is 2.19. The van der Waals surface area contributed by atoms with Crippen molar-refractivity contribution >= 4 is 38.3 Å². The smallest absolute Gasteiger partial charge is 0.251 e. The second-order valence-electron chi connectivity index (χ2n) is 6.93. The van der Waals surface area contributed by atoms with E-state index in [1.54, 1.807) is 11.4 Å². The van der Waals surface area contributed by atoms with Gasteiger partial charge in [0.15, 0.2) is 16.7 Å². The number of methoxy groups -OCH3 is 1. The van der Waals surface area contributed by atoms with Crippen LogP contribution >= 0.6 is 11.3 Å². The molecule has 12 heteroatoms. The molecule has 1 heterocycles. The summed E-state index contributed by atoms with van der Waals surface area (Å²) in [5.74, 6) is -1.54. The second kappa shape index (κ2) is 10.1. The lowest BCUT2D eigenvalue weighted by molar-refractivity contribution is -0.115. The lowest BCUT2D eigenvalue weighted by atomic mass is 10.1. The van der Waals surface area contributed by atoms with E-state index in [9.17, 15) is 22.4 Å². The Morgan fingerprint density at radius 3 is 2.61 bits per heavy atom. The lowest BCUT2D eigenvalue weighted by Gasteiger charge is -2.12. The highest BCUT2D eigenvalue weighted by atomic mass is 32.2. The van der Waals surface area contributed by atoms with Crippen LogP contribution in [0.15, 0.2) is 52.7 Å². The van der Waals surface area contributed by atoms with E-state index in [0.29, 0.717) is 11.3 Å². The van der Waals surface area contributed by atoms with Crippen molar-refractivity contribution < 1.29 is 27.1 Å². The van der Waals surface area contributed by atoms with Gasteiger partial charge in [-0.3, -0.25) is 9.59 Å². The number of hydrogen-bond acceptors (Lipinski definition) is 7. The van der Waals surface area contributed by atoms with Crippen molar-refractivity contribution in [3.05, 3.63) is 59.2 Å². The Labute approximate surface area is 194 Å². The highest BCUT2D eigenvalue weighted by molar-refractivity contribution is 7.89. The number of sulfonamides is 1. The number of aromatic nitrogens is 1. The van der Waals surface area contributed by atoms with Gasteiger partial charge in [0.05, 0.1) is 24.2 Å². The average molecular weight is 493 g/mol. The van der Waals surface area contributed by atoms with Crippen LogP contribution in [0.3, 0.4) is 0 Å². The van der Waals surface area contributed by atoms with Gasteiger partial charge in [-0.15, -0.1) is 11.3 Å². The van der Waals surface area contributed by atoms with Crippen LogP contribution in [0.1, 0.15) is 10.4 Å². The van der Waals surface area contributed by atoms with Crippen molar-refractivity contribution in [3.63, 3.8) is 0 Å². The Morgan fingerprint density at radius 2 is 1.94 bits per heavy atom. The van der Waals surface area contributed by atoms with E-state index < -0.39 is 27.7 Å². The number of halogens is 1. The zero-order valence-electron chi connectivity index (χ0n) is 18.0. The minimum Gasteiger partial charge on any atom is -0.494 e. The number of carbonyl (C=O) groups is 2. The molecule has 1 aromatic heterocycles. The molecule has 2 N–H and O–H groups in total. The van der Waals surface area contributed by atoms with Gasteiger partial charge in [0.25, 0.3) is 5.91 Å². The maximum Gasteiger partial charge on any atom is 0.251 e. The number of ether oxygens (including phenoxy) is 1. The van der Waals surface area contributed by atoms with E-state index in [-0.39, 0.29) is 27.9 Å². The van der Waals surface area contributed by atoms with E-state index in [2.05, 4.69) is 15.6 Å². The third-order valence-electron chi connectivity index (χ3n) is 4.48. The molecule has 0 radical (unpaired) electrons. The zero-order chi connectivity index (χ0) is 24.2. The SMILES string of the molecule is COc1ccc(-c2csc(NC(=O)CNC(=O)c3cccc(S(=O)(=O)N(C)C)c3)n2)cc1F. The summed E-state index contributed by atoms with van der Waals surface area (Å²) in [6.45, 7) is -0.352. The number of nitrogens with one attached hydrogen (secondary N) is 2. The maximum absolute atomic E-state index is 13.9. The molecule has 0 aliphatic rings. The van der Waals surface area contributed by atoms with E-state index in [1.165, 1.54) is 57.6 Å². The molecule has 0 spiro atoms. The van der Waals surface area contributed by atoms with Crippen LogP contribution in [0.25, 0.3) is 11.3 Å². The minimum atomic E-state index is -3.70. The van der Waals surface area contributed by atoms with Crippen LogP contribution in [0, 0.1) is 5.82 Å². The monoisotopic (exact) mass is 492 g/mol. The van der Waals surface area contributed by atoms with Gasteiger partial charge in [-0.1, -0.05) is 6.07 Å². The standard InChI is InChI=1S/C21H21FN4O5S2/c1-26(2)33(29,30)15-6-4-5-14(9-15)20(28)23-11-19(27)25-21-24-17(12-32-21)13-7-8-18(31-3)16(22)10-13/h4-10,12H,11H2,1-3H3,(H,23,28)(H,24,25,27). The summed E-state index contributed by atoms with van der Waals surface area (Å²) in [6.07, 6.45) is 0. The number of thiazole rings is 1. The van der Waals surface area contributed by atoms with Gasteiger partial charge in [-0.25, -0.2) is 22.1 Å². The van der Waals surface area contributed by atoms with Crippen LogP contribution < -0.4 is 15.4 Å². The minimum absolute atomic E-state index is 0.0325. The first kappa shape index (κ1) is 24.3. The summed E-state index contributed by atoms with van der Waals surface area (Å²) >= 11 is 1.15. The topological polar surface area (TPSA) is 118 Å². The molecule has 0 atom stereocenters. The zero-order valence-corrected chi connectivity index (χ0v) is 19.6. The molecule has 3 rings (SSSR count). The molecular weight excluding hydrogens is 471 g/mol. The molecule has 0 saturated heterocycles. The third-order valence-corrected chi connectivity index (χ3v) is 7.05. The summed E-state index contributed by atoms with van der Waals surface area (Å²) in [4.78, 5) is 28.8. The number of amides is 2. The quantitative estimate of drug-likeness (QED) is 0.499. The van der Waals surface area contributed by atoms with Gasteiger partial charge in [0.1, 0.15) is 0 Å². The fourth-order valence-corrected chi connectivity index (χ4v) is 4.41. The molecule has 2 aromatic carbocycles. The predicted molar refractivity (Wildman–Crippen MR) is 122 cm³/mol. The van der Waals surface area contributed by atoms with Crippen LogP contribution in [0.5, 0.6) is 5.75 Å². The Balaban J connectivity index is 1.60. The summed E-state index contributed by atoms with van der Waals surface area (Å²) < 4.78 is 44.3. The van der Waals surface area contributed by atoms with Crippen molar-refractivity contribution in [2.45, 2.75) is 4.90 Å². The second-order valence-corrected chi connectivity index (χ2v) is 9.94. The molecule has 0 saturated carbocycles. The molecular formula is C21H21FN4O5S2. The number of benzene rings is 2. The van der Waals surface area contributed by atoms with Crippen LogP contribution in [-0.2, 0) is 14.8 Å². The summed E-state index contributed by atoms with van der Waals surface area (Å²) in [5, 5.41) is 6.94. The van der Waals surface area contributed by atoms with Gasteiger partial charge in [0, 0.05) is 30.6 Å². The van der Waals surface area contributed by atoms with Gasteiger partial charge in [-0.2, -0.15) is 0 Å². The van der Waals surface area contributed by atoms with E-state index in [4.69, 9.17) is 4.74 Å². The van der Waals surface area contributed by atoms with Crippen LogP contribution in [0.2, 0.25) is 0 Å². The van der Waals surface area contributed by atoms with Crippen molar-refractivity contribution in [2.24, 2.45) is 0 Å². The predicted octanol–water partition coefficient (Wildman–Crippen LogP) is 2.58. The van der Waals surface area contributed by atoms with Crippen molar-refractivity contribution in [2.75, 3.05) is 33.1 Å². The maximum atomic E-state index is 13.9. The van der Waals surface area contributed by atoms with Gasteiger partial charge in [-0.05, 0) is 36.4 Å². The molecule has 3 aromatic rings. The molecule has 0 unspecified atom stereocenters. The van der Waals surface area contributed by atoms with Gasteiger partial charge >= 0.3 is 0 Å². The number of hydrogen-bond donors (Lipinski definition) is 2. The molecule has 0 aliphatic carbocycles. The molecule has 174 valence electrons. The van der Waals surface area contributed by atoms with Crippen LogP contribution in [-0.4, -0.2) is 57.3 Å². The Hall–Kier alpha value is -3.35. The normalized spacial score (nSPS) is 11.3. The van der Waals surface area contributed by atoms with E-state index >= 15 is 0 Å². The molecule has 33 heavy (non-hydrogen) atoms. The molecule has 2 amide bonds. The van der Waals surface area contributed by atoms with Crippen molar-refractivity contribution in [1.82, 2.24) is 14.6 Å². The average Bonchev–Trinajstić information content (AvgIpc) is 3.25. The molecule has 0 aliphatic heterocycles. The van der Waals surface area contributed by atoms with Gasteiger partial charge < -0.3 is 15.4 Å². The molecule has 0 fully saturated rings. The fraction of sp³-hybridized carbons (Fsp3) is 0.190. The highest BCUT2D eigenvalue weighted by Crippen LogP contribution is 2.28.